The van der Waals surface area contributed by atoms with E-state index in [9.17, 15) is 9.59 Å². The summed E-state index contributed by atoms with van der Waals surface area (Å²) < 4.78 is 6.45. The van der Waals surface area contributed by atoms with Gasteiger partial charge in [0, 0.05) is 25.0 Å². The average molecular weight is 338 g/mol. The summed E-state index contributed by atoms with van der Waals surface area (Å²) >= 11 is 0. The standard InChI is InChI=1S/C18H18N4O3/c1-13(18(24)20-11-8-14-6-9-19-10-7-14)22-17(23)5-4-15(21-22)16-3-2-12-25-16/h2-7,9-10,12-13H,8,11H2,1H3,(H,20,24). The Balaban J connectivity index is 1.67. The maximum atomic E-state index is 12.3. The van der Waals surface area contributed by atoms with Crippen molar-refractivity contribution in [1.82, 2.24) is 20.1 Å². The Morgan fingerprint density at radius 1 is 1.24 bits per heavy atom. The highest BCUT2D eigenvalue weighted by molar-refractivity contribution is 5.79. The second-order valence-corrected chi connectivity index (χ2v) is 5.55. The molecule has 3 aromatic heterocycles. The largest absolute Gasteiger partial charge is 0.463 e. The van der Waals surface area contributed by atoms with Gasteiger partial charge >= 0.3 is 0 Å². The van der Waals surface area contributed by atoms with E-state index in [1.54, 1.807) is 37.5 Å². The van der Waals surface area contributed by atoms with Crippen molar-refractivity contribution in [3.05, 3.63) is 71.0 Å². The zero-order valence-corrected chi connectivity index (χ0v) is 13.8. The molecule has 25 heavy (non-hydrogen) atoms. The number of hydrogen-bond donors (Lipinski definition) is 1. The zero-order chi connectivity index (χ0) is 17.6. The Kier molecular flexibility index (Phi) is 5.03. The smallest absolute Gasteiger partial charge is 0.267 e. The van der Waals surface area contributed by atoms with Crippen LogP contribution in [0.1, 0.15) is 18.5 Å². The fraction of sp³-hybridized carbons (Fsp3) is 0.222. The monoisotopic (exact) mass is 338 g/mol. The summed E-state index contributed by atoms with van der Waals surface area (Å²) in [7, 11) is 0. The van der Waals surface area contributed by atoms with Crippen LogP contribution < -0.4 is 10.9 Å². The molecule has 1 amide bonds. The summed E-state index contributed by atoms with van der Waals surface area (Å²) in [4.78, 5) is 28.4. The molecule has 0 saturated carbocycles. The van der Waals surface area contributed by atoms with Crippen molar-refractivity contribution in [2.45, 2.75) is 19.4 Å². The minimum atomic E-state index is -0.722. The fourth-order valence-corrected chi connectivity index (χ4v) is 2.40. The molecule has 3 heterocycles. The first-order valence-electron chi connectivity index (χ1n) is 7.95. The van der Waals surface area contributed by atoms with Crippen LogP contribution in [0.5, 0.6) is 0 Å². The van der Waals surface area contributed by atoms with Crippen LogP contribution in [0.15, 0.2) is 64.3 Å². The summed E-state index contributed by atoms with van der Waals surface area (Å²) in [5.41, 5.74) is 1.24. The third-order valence-corrected chi connectivity index (χ3v) is 3.81. The number of carbonyl (C=O) groups is 1. The van der Waals surface area contributed by atoms with E-state index < -0.39 is 6.04 Å². The summed E-state index contributed by atoms with van der Waals surface area (Å²) in [6.45, 7) is 2.11. The van der Waals surface area contributed by atoms with Gasteiger partial charge in [0.25, 0.3) is 5.56 Å². The first-order valence-corrected chi connectivity index (χ1v) is 7.95. The topological polar surface area (TPSA) is 90.0 Å². The van der Waals surface area contributed by atoms with E-state index in [0.29, 0.717) is 24.4 Å². The molecule has 0 saturated heterocycles. The number of nitrogens with zero attached hydrogens (tertiary/aromatic N) is 3. The molecule has 0 fully saturated rings. The van der Waals surface area contributed by atoms with Gasteiger partial charge in [0.2, 0.25) is 5.91 Å². The lowest BCUT2D eigenvalue weighted by Gasteiger charge is -2.14. The number of amides is 1. The number of rotatable bonds is 6. The lowest BCUT2D eigenvalue weighted by atomic mass is 10.2. The Hall–Kier alpha value is -3.22. The SMILES string of the molecule is CC(C(=O)NCCc1ccncc1)n1nc(-c2ccco2)ccc1=O. The lowest BCUT2D eigenvalue weighted by Crippen LogP contribution is -2.37. The average Bonchev–Trinajstić information content (AvgIpc) is 3.17. The Morgan fingerprint density at radius 2 is 2.04 bits per heavy atom. The predicted octanol–water partition coefficient (Wildman–Crippen LogP) is 1.82. The molecule has 0 aliphatic carbocycles. The first-order chi connectivity index (χ1) is 12.1. The van der Waals surface area contributed by atoms with E-state index in [-0.39, 0.29) is 11.5 Å². The molecule has 0 radical (unpaired) electrons. The van der Waals surface area contributed by atoms with Crippen molar-refractivity contribution < 1.29 is 9.21 Å². The van der Waals surface area contributed by atoms with E-state index in [1.807, 2.05) is 12.1 Å². The van der Waals surface area contributed by atoms with Crippen molar-refractivity contribution >= 4 is 5.91 Å². The zero-order valence-electron chi connectivity index (χ0n) is 13.8. The van der Waals surface area contributed by atoms with E-state index in [4.69, 9.17) is 4.42 Å². The van der Waals surface area contributed by atoms with Crippen molar-refractivity contribution in [2.24, 2.45) is 0 Å². The third kappa shape index (κ3) is 4.00. The maximum Gasteiger partial charge on any atom is 0.267 e. The molecule has 128 valence electrons. The second kappa shape index (κ2) is 7.57. The van der Waals surface area contributed by atoms with Crippen LogP contribution in [-0.2, 0) is 11.2 Å². The number of furan rings is 1. The number of nitrogens with one attached hydrogen (secondary N) is 1. The Labute approximate surface area is 144 Å². The molecular weight excluding hydrogens is 320 g/mol. The second-order valence-electron chi connectivity index (χ2n) is 5.55. The predicted molar refractivity (Wildman–Crippen MR) is 91.9 cm³/mol. The molecule has 0 aliphatic rings. The minimum Gasteiger partial charge on any atom is -0.463 e. The first kappa shape index (κ1) is 16.6. The molecule has 7 nitrogen and oxygen atoms in total. The van der Waals surface area contributed by atoms with Crippen LogP contribution >= 0.6 is 0 Å². The molecule has 7 heteroatoms. The van der Waals surface area contributed by atoms with Crippen LogP contribution in [0, 0.1) is 0 Å². The fourth-order valence-electron chi connectivity index (χ4n) is 2.40. The number of pyridine rings is 1. The molecule has 0 aromatic carbocycles. The quantitative estimate of drug-likeness (QED) is 0.740. The summed E-state index contributed by atoms with van der Waals surface area (Å²) in [5.74, 6) is 0.277. The molecule has 3 aromatic rings. The Bertz CT molecular complexity index is 888. The van der Waals surface area contributed by atoms with Gasteiger partial charge in [-0.15, -0.1) is 0 Å². The van der Waals surface area contributed by atoms with Gasteiger partial charge in [-0.05, 0) is 49.2 Å². The molecule has 0 spiro atoms. The molecule has 1 N–H and O–H groups in total. The van der Waals surface area contributed by atoms with E-state index in [2.05, 4.69) is 15.4 Å². The third-order valence-electron chi connectivity index (χ3n) is 3.81. The van der Waals surface area contributed by atoms with E-state index in [1.165, 1.54) is 17.0 Å². The Morgan fingerprint density at radius 3 is 2.76 bits per heavy atom. The van der Waals surface area contributed by atoms with E-state index >= 15 is 0 Å². The highest BCUT2D eigenvalue weighted by Gasteiger charge is 2.18. The molecule has 3 rings (SSSR count). The lowest BCUT2D eigenvalue weighted by molar-refractivity contribution is -0.124. The number of carbonyl (C=O) groups excluding carboxylic acids is 1. The van der Waals surface area contributed by atoms with E-state index in [0.717, 1.165) is 5.56 Å². The van der Waals surface area contributed by atoms with Gasteiger partial charge in [0.15, 0.2) is 5.76 Å². The minimum absolute atomic E-state index is 0.264. The van der Waals surface area contributed by atoms with Gasteiger partial charge in [0.1, 0.15) is 11.7 Å². The van der Waals surface area contributed by atoms with Crippen LogP contribution in [0.25, 0.3) is 11.5 Å². The number of aromatic nitrogens is 3. The van der Waals surface area contributed by atoms with Crippen molar-refractivity contribution in [1.29, 1.82) is 0 Å². The van der Waals surface area contributed by atoms with Gasteiger partial charge in [-0.1, -0.05) is 0 Å². The highest BCUT2D eigenvalue weighted by Crippen LogP contribution is 2.16. The molecular formula is C18H18N4O3. The normalized spacial score (nSPS) is 11.9. The summed E-state index contributed by atoms with van der Waals surface area (Å²) in [5, 5.41) is 7.07. The van der Waals surface area contributed by atoms with Crippen molar-refractivity contribution in [3.63, 3.8) is 0 Å². The van der Waals surface area contributed by atoms with Gasteiger partial charge in [-0.25, -0.2) is 4.68 Å². The maximum absolute atomic E-state index is 12.3. The van der Waals surface area contributed by atoms with Crippen LogP contribution in [0.2, 0.25) is 0 Å². The van der Waals surface area contributed by atoms with Gasteiger partial charge in [-0.2, -0.15) is 5.10 Å². The number of hydrogen-bond acceptors (Lipinski definition) is 5. The summed E-state index contributed by atoms with van der Waals surface area (Å²) in [6, 6.07) is 9.51. The van der Waals surface area contributed by atoms with Crippen LogP contribution in [-0.4, -0.2) is 27.2 Å². The van der Waals surface area contributed by atoms with Crippen LogP contribution in [0.4, 0.5) is 0 Å². The molecule has 0 aliphatic heterocycles. The van der Waals surface area contributed by atoms with Crippen molar-refractivity contribution in [3.8, 4) is 11.5 Å². The molecule has 1 atom stereocenters. The summed E-state index contributed by atoms with van der Waals surface area (Å²) in [6.07, 6.45) is 5.64. The van der Waals surface area contributed by atoms with Crippen molar-refractivity contribution in [2.75, 3.05) is 6.54 Å². The molecule has 1 unspecified atom stereocenters. The highest BCUT2D eigenvalue weighted by atomic mass is 16.3. The van der Waals surface area contributed by atoms with Gasteiger partial charge < -0.3 is 9.73 Å². The van der Waals surface area contributed by atoms with Gasteiger partial charge in [-0.3, -0.25) is 14.6 Å². The van der Waals surface area contributed by atoms with Crippen LogP contribution in [0.3, 0.4) is 0 Å². The van der Waals surface area contributed by atoms with Gasteiger partial charge in [0.05, 0.1) is 6.26 Å². The molecule has 0 bridgehead atoms.